The molecule has 0 aliphatic carbocycles. The molecule has 6 heteroatoms. The van der Waals surface area contributed by atoms with Crippen LogP contribution in [0.3, 0.4) is 0 Å². The molecule has 0 saturated carbocycles. The third-order valence-electron chi connectivity index (χ3n) is 4.56. The van der Waals surface area contributed by atoms with E-state index in [1.54, 1.807) is 18.2 Å². The number of hydrogen-bond donors (Lipinski definition) is 0. The van der Waals surface area contributed by atoms with Crippen molar-refractivity contribution < 1.29 is 14.0 Å². The summed E-state index contributed by atoms with van der Waals surface area (Å²) >= 11 is 6.67. The molecule has 4 nitrogen and oxygen atoms in total. The Morgan fingerprint density at radius 2 is 1.72 bits per heavy atom. The average Bonchev–Trinajstić information content (AvgIpc) is 3.28. The molecular weight excluding hydrogens is 402 g/mol. The SMILES string of the molecule is CC(=O)c1ccc(-c2ccc(/C=C3\SC(=S)N(c4ccc(C)cc4)C3=O)o2)cc1. The van der Waals surface area contributed by atoms with Crippen LogP contribution in [0.5, 0.6) is 0 Å². The van der Waals surface area contributed by atoms with Gasteiger partial charge >= 0.3 is 0 Å². The summed E-state index contributed by atoms with van der Waals surface area (Å²) < 4.78 is 6.38. The molecule has 3 aromatic rings. The number of carbonyl (C=O) groups is 2. The molecule has 0 spiro atoms. The summed E-state index contributed by atoms with van der Waals surface area (Å²) in [6.07, 6.45) is 1.71. The number of thioether (sulfide) groups is 1. The van der Waals surface area contributed by atoms with Crippen LogP contribution in [-0.2, 0) is 4.79 Å². The number of anilines is 1. The van der Waals surface area contributed by atoms with Gasteiger partial charge in [0.15, 0.2) is 10.1 Å². The number of ketones is 1. The second-order valence-corrected chi connectivity index (χ2v) is 8.36. The zero-order chi connectivity index (χ0) is 20.5. The molecule has 144 valence electrons. The zero-order valence-electron chi connectivity index (χ0n) is 15.8. The van der Waals surface area contributed by atoms with Gasteiger partial charge < -0.3 is 4.42 Å². The van der Waals surface area contributed by atoms with Gasteiger partial charge in [-0.3, -0.25) is 14.5 Å². The van der Waals surface area contributed by atoms with E-state index in [1.807, 2.05) is 55.5 Å². The van der Waals surface area contributed by atoms with Crippen LogP contribution in [0.25, 0.3) is 17.4 Å². The molecule has 29 heavy (non-hydrogen) atoms. The summed E-state index contributed by atoms with van der Waals surface area (Å²) in [6.45, 7) is 3.53. The van der Waals surface area contributed by atoms with Crippen molar-refractivity contribution in [1.82, 2.24) is 0 Å². The largest absolute Gasteiger partial charge is 0.457 e. The van der Waals surface area contributed by atoms with Gasteiger partial charge in [0.1, 0.15) is 11.5 Å². The van der Waals surface area contributed by atoms with Gasteiger partial charge in [-0.2, -0.15) is 0 Å². The molecule has 1 aliphatic heterocycles. The van der Waals surface area contributed by atoms with Crippen molar-refractivity contribution in [3.8, 4) is 11.3 Å². The number of rotatable bonds is 4. The Balaban J connectivity index is 1.57. The minimum Gasteiger partial charge on any atom is -0.457 e. The molecular formula is C23H17NO3S2. The first kappa shape index (κ1) is 19.4. The van der Waals surface area contributed by atoms with Gasteiger partial charge in [-0.1, -0.05) is 65.9 Å². The molecule has 1 fully saturated rings. The summed E-state index contributed by atoms with van der Waals surface area (Å²) in [5, 5.41) is 0. The lowest BCUT2D eigenvalue weighted by molar-refractivity contribution is -0.113. The molecule has 1 amide bonds. The smallest absolute Gasteiger partial charge is 0.270 e. The number of thiocarbonyl (C=S) groups is 1. The summed E-state index contributed by atoms with van der Waals surface area (Å²) in [4.78, 5) is 26.3. The fraction of sp³-hybridized carbons (Fsp3) is 0.0870. The number of benzene rings is 2. The molecule has 0 unspecified atom stereocenters. The van der Waals surface area contributed by atoms with Crippen LogP contribution in [0, 0.1) is 6.92 Å². The third kappa shape index (κ3) is 3.95. The number of hydrogen-bond acceptors (Lipinski definition) is 5. The average molecular weight is 420 g/mol. The van der Waals surface area contributed by atoms with E-state index in [-0.39, 0.29) is 11.7 Å². The van der Waals surface area contributed by atoms with Gasteiger partial charge in [0.25, 0.3) is 5.91 Å². The van der Waals surface area contributed by atoms with Gasteiger partial charge in [-0.05, 0) is 38.1 Å². The highest BCUT2D eigenvalue weighted by atomic mass is 32.2. The normalized spacial score (nSPS) is 15.4. The maximum Gasteiger partial charge on any atom is 0.270 e. The number of carbonyl (C=O) groups excluding carboxylic acids is 2. The summed E-state index contributed by atoms with van der Waals surface area (Å²) in [7, 11) is 0. The van der Waals surface area contributed by atoms with E-state index >= 15 is 0 Å². The summed E-state index contributed by atoms with van der Waals surface area (Å²) in [5.41, 5.74) is 3.39. The molecule has 0 radical (unpaired) electrons. The van der Waals surface area contributed by atoms with Crippen molar-refractivity contribution in [2.24, 2.45) is 0 Å². The van der Waals surface area contributed by atoms with Gasteiger partial charge in [0, 0.05) is 17.2 Å². The van der Waals surface area contributed by atoms with Crippen LogP contribution in [0.15, 0.2) is 70.0 Å². The van der Waals surface area contributed by atoms with Crippen molar-refractivity contribution >= 4 is 51.8 Å². The standard InChI is InChI=1S/C23H17NO3S2/c1-14-3-9-18(10-4-14)24-22(26)21(29-23(24)28)13-19-11-12-20(27-19)17-7-5-16(6-8-17)15(2)25/h3-13H,1-2H3/b21-13-. The highest BCUT2D eigenvalue weighted by molar-refractivity contribution is 8.27. The minimum absolute atomic E-state index is 0.0206. The van der Waals surface area contributed by atoms with Gasteiger partial charge in [-0.25, -0.2) is 0 Å². The monoisotopic (exact) mass is 419 g/mol. The third-order valence-corrected chi connectivity index (χ3v) is 5.86. The number of amides is 1. The number of Topliss-reactive ketones (excluding diaryl/α,β-unsaturated/α-hetero) is 1. The first-order chi connectivity index (χ1) is 13.9. The van der Waals surface area contributed by atoms with Gasteiger partial charge in [-0.15, -0.1) is 0 Å². The summed E-state index contributed by atoms with van der Waals surface area (Å²) in [6, 6.07) is 18.6. The minimum atomic E-state index is -0.160. The highest BCUT2D eigenvalue weighted by Gasteiger charge is 2.33. The van der Waals surface area contributed by atoms with E-state index < -0.39 is 0 Å². The lowest BCUT2D eigenvalue weighted by Gasteiger charge is -2.14. The second kappa shape index (κ2) is 7.81. The van der Waals surface area contributed by atoms with Crippen LogP contribution < -0.4 is 4.90 Å². The Bertz CT molecular complexity index is 1140. The van der Waals surface area contributed by atoms with E-state index in [4.69, 9.17) is 16.6 Å². The Morgan fingerprint density at radius 3 is 2.38 bits per heavy atom. The molecule has 4 rings (SSSR count). The van der Waals surface area contributed by atoms with Gasteiger partial charge in [0.2, 0.25) is 0 Å². The van der Waals surface area contributed by atoms with Crippen molar-refractivity contribution in [3.63, 3.8) is 0 Å². The Kier molecular flexibility index (Phi) is 5.22. The maximum atomic E-state index is 12.9. The van der Waals surface area contributed by atoms with Crippen LogP contribution >= 0.6 is 24.0 Å². The van der Waals surface area contributed by atoms with E-state index in [0.29, 0.717) is 26.3 Å². The molecule has 2 aromatic carbocycles. The summed E-state index contributed by atoms with van der Waals surface area (Å²) in [5.74, 6) is 1.10. The van der Waals surface area contributed by atoms with Crippen molar-refractivity contribution in [2.45, 2.75) is 13.8 Å². The number of furan rings is 1. The van der Waals surface area contributed by atoms with E-state index in [2.05, 4.69) is 0 Å². The second-order valence-electron chi connectivity index (χ2n) is 6.69. The van der Waals surface area contributed by atoms with Crippen molar-refractivity contribution in [2.75, 3.05) is 4.90 Å². The Morgan fingerprint density at radius 1 is 1.03 bits per heavy atom. The number of nitrogens with zero attached hydrogens (tertiary/aromatic N) is 1. The molecule has 2 heterocycles. The molecule has 0 atom stereocenters. The van der Waals surface area contributed by atoms with Crippen LogP contribution in [0.2, 0.25) is 0 Å². The van der Waals surface area contributed by atoms with E-state index in [9.17, 15) is 9.59 Å². The fourth-order valence-corrected chi connectivity index (χ4v) is 4.25. The predicted octanol–water partition coefficient (Wildman–Crippen LogP) is 5.86. The maximum absolute atomic E-state index is 12.9. The molecule has 1 aromatic heterocycles. The van der Waals surface area contributed by atoms with Gasteiger partial charge in [0.05, 0.1) is 10.6 Å². The lowest BCUT2D eigenvalue weighted by atomic mass is 10.1. The predicted molar refractivity (Wildman–Crippen MR) is 121 cm³/mol. The van der Waals surface area contributed by atoms with E-state index in [0.717, 1.165) is 16.8 Å². The quantitative estimate of drug-likeness (QED) is 0.301. The molecule has 1 saturated heterocycles. The van der Waals surface area contributed by atoms with E-state index in [1.165, 1.54) is 23.6 Å². The number of aryl methyl sites for hydroxylation is 1. The first-order valence-electron chi connectivity index (χ1n) is 8.98. The topological polar surface area (TPSA) is 50.5 Å². The van der Waals surface area contributed by atoms with Crippen LogP contribution in [0.1, 0.15) is 28.6 Å². The molecule has 0 N–H and O–H groups in total. The van der Waals surface area contributed by atoms with Crippen LogP contribution in [-0.4, -0.2) is 16.0 Å². The lowest BCUT2D eigenvalue weighted by Crippen LogP contribution is -2.27. The molecule has 1 aliphatic rings. The first-order valence-corrected chi connectivity index (χ1v) is 10.2. The fourth-order valence-electron chi connectivity index (χ4n) is 2.97. The molecule has 0 bridgehead atoms. The van der Waals surface area contributed by atoms with Crippen molar-refractivity contribution in [3.05, 3.63) is 82.5 Å². The zero-order valence-corrected chi connectivity index (χ0v) is 17.5. The van der Waals surface area contributed by atoms with Crippen LogP contribution in [0.4, 0.5) is 5.69 Å². The van der Waals surface area contributed by atoms with Crippen molar-refractivity contribution in [1.29, 1.82) is 0 Å². The Labute approximate surface area is 178 Å². The Hall–Kier alpha value is -2.96. The highest BCUT2D eigenvalue weighted by Crippen LogP contribution is 2.36.